The van der Waals surface area contributed by atoms with Crippen LogP contribution in [0, 0.1) is 6.92 Å². The molecule has 22 heavy (non-hydrogen) atoms. The van der Waals surface area contributed by atoms with Gasteiger partial charge in [0.05, 0.1) is 13.2 Å². The molecule has 1 aliphatic heterocycles. The fraction of sp³-hybridized carbons (Fsp3) is 0.375. The van der Waals surface area contributed by atoms with Gasteiger partial charge in [0.15, 0.2) is 5.82 Å². The molecule has 1 saturated heterocycles. The molecule has 0 unspecified atom stereocenters. The van der Waals surface area contributed by atoms with Crippen LogP contribution < -0.4 is 0 Å². The van der Waals surface area contributed by atoms with Crippen molar-refractivity contribution >= 4 is 10.9 Å². The van der Waals surface area contributed by atoms with E-state index in [0.29, 0.717) is 18.3 Å². The minimum atomic E-state index is 0.0140. The van der Waals surface area contributed by atoms with Gasteiger partial charge in [-0.1, -0.05) is 23.4 Å². The minimum Gasteiger partial charge on any atom is -0.378 e. The van der Waals surface area contributed by atoms with Crippen LogP contribution in [0.5, 0.6) is 0 Å². The normalized spacial score (nSPS) is 19.8. The highest BCUT2D eigenvalue weighted by Crippen LogP contribution is 2.27. The summed E-state index contributed by atoms with van der Waals surface area (Å²) in [5.41, 5.74) is 2.46. The number of benzene rings is 1. The van der Waals surface area contributed by atoms with Gasteiger partial charge in [-0.3, -0.25) is 4.90 Å². The molecular formula is C16H18N4O2. The zero-order chi connectivity index (χ0) is 14.9. The number of para-hydroxylation sites is 1. The van der Waals surface area contributed by atoms with Gasteiger partial charge in [0.1, 0.15) is 6.04 Å². The zero-order valence-electron chi connectivity index (χ0n) is 12.5. The van der Waals surface area contributed by atoms with Crippen LogP contribution >= 0.6 is 0 Å². The molecule has 6 heteroatoms. The second-order valence-electron chi connectivity index (χ2n) is 5.60. The van der Waals surface area contributed by atoms with Gasteiger partial charge in [0, 0.05) is 24.8 Å². The molecule has 0 radical (unpaired) electrons. The first kappa shape index (κ1) is 13.5. The summed E-state index contributed by atoms with van der Waals surface area (Å²) < 4.78 is 11.0. The Hall–Kier alpha value is -2.18. The number of morpholine rings is 1. The van der Waals surface area contributed by atoms with Crippen LogP contribution in [-0.4, -0.2) is 39.8 Å². The maximum absolute atomic E-state index is 5.61. The molecule has 1 aliphatic rings. The van der Waals surface area contributed by atoms with Gasteiger partial charge in [-0.25, -0.2) is 0 Å². The van der Waals surface area contributed by atoms with E-state index in [9.17, 15) is 0 Å². The quantitative estimate of drug-likeness (QED) is 0.804. The van der Waals surface area contributed by atoms with Crippen LogP contribution in [0.4, 0.5) is 0 Å². The van der Waals surface area contributed by atoms with E-state index in [4.69, 9.17) is 9.26 Å². The second-order valence-corrected chi connectivity index (χ2v) is 5.60. The first-order chi connectivity index (χ1) is 10.8. The number of aryl methyl sites for hydroxylation is 1. The Bertz CT molecular complexity index is 779. The summed E-state index contributed by atoms with van der Waals surface area (Å²) in [6.45, 7) is 4.82. The Morgan fingerprint density at radius 2 is 2.32 bits per heavy atom. The van der Waals surface area contributed by atoms with Crippen molar-refractivity contribution in [1.29, 1.82) is 0 Å². The van der Waals surface area contributed by atoms with Crippen molar-refractivity contribution in [3.05, 3.63) is 47.7 Å². The molecule has 3 aromatic rings. The van der Waals surface area contributed by atoms with Crippen molar-refractivity contribution in [2.45, 2.75) is 19.5 Å². The van der Waals surface area contributed by atoms with Crippen molar-refractivity contribution < 1.29 is 9.26 Å². The second kappa shape index (κ2) is 5.55. The summed E-state index contributed by atoms with van der Waals surface area (Å²) in [6.07, 6.45) is 1.98. The number of hydrogen-bond acceptors (Lipinski definition) is 5. The van der Waals surface area contributed by atoms with E-state index in [-0.39, 0.29) is 6.04 Å². The number of nitrogens with one attached hydrogen (secondary N) is 1. The standard InChI is InChI=1S/C16H18N4O2/c1-11-18-16(22-19-11)14-10-21-8-7-20(14)9-13-4-2-3-12-5-6-17-15(12)13/h2-6,14,17H,7-10H2,1H3/t14-/m0/s1. The number of hydrogen-bond donors (Lipinski definition) is 1. The van der Waals surface area contributed by atoms with E-state index in [0.717, 1.165) is 19.7 Å². The van der Waals surface area contributed by atoms with E-state index in [1.165, 1.54) is 16.5 Å². The predicted octanol–water partition coefficient (Wildman–Crippen LogP) is 2.43. The van der Waals surface area contributed by atoms with Crippen LogP contribution in [0.3, 0.4) is 0 Å². The van der Waals surface area contributed by atoms with E-state index in [1.807, 2.05) is 13.1 Å². The van der Waals surface area contributed by atoms with Crippen LogP contribution in [0.2, 0.25) is 0 Å². The largest absolute Gasteiger partial charge is 0.378 e. The Balaban J connectivity index is 1.63. The number of aromatic nitrogens is 3. The molecule has 0 bridgehead atoms. The van der Waals surface area contributed by atoms with Gasteiger partial charge in [0.2, 0.25) is 5.89 Å². The molecule has 2 aromatic heterocycles. The lowest BCUT2D eigenvalue weighted by Crippen LogP contribution is -2.39. The number of fused-ring (bicyclic) bond motifs is 1. The van der Waals surface area contributed by atoms with Crippen LogP contribution in [0.1, 0.15) is 23.3 Å². The monoisotopic (exact) mass is 298 g/mol. The average Bonchev–Trinajstić information content (AvgIpc) is 3.17. The fourth-order valence-electron chi connectivity index (χ4n) is 3.00. The SMILES string of the molecule is Cc1noc([C@@H]2COCCN2Cc2cccc3cc[nH]c23)n1. The van der Waals surface area contributed by atoms with Crippen molar-refractivity contribution in [1.82, 2.24) is 20.0 Å². The molecule has 1 atom stereocenters. The number of ether oxygens (including phenoxy) is 1. The molecule has 0 aliphatic carbocycles. The molecule has 1 fully saturated rings. The third-order valence-corrected chi connectivity index (χ3v) is 4.11. The summed E-state index contributed by atoms with van der Waals surface area (Å²) in [5, 5.41) is 5.13. The number of nitrogens with zero attached hydrogens (tertiary/aromatic N) is 3. The van der Waals surface area contributed by atoms with E-state index >= 15 is 0 Å². The van der Waals surface area contributed by atoms with Gasteiger partial charge < -0.3 is 14.2 Å². The molecule has 114 valence electrons. The average molecular weight is 298 g/mol. The highest BCUT2D eigenvalue weighted by Gasteiger charge is 2.29. The Kier molecular flexibility index (Phi) is 3.40. The maximum Gasteiger partial charge on any atom is 0.246 e. The Labute approximate surface area is 128 Å². The maximum atomic E-state index is 5.61. The molecule has 6 nitrogen and oxygen atoms in total. The lowest BCUT2D eigenvalue weighted by atomic mass is 10.1. The summed E-state index contributed by atoms with van der Waals surface area (Å²) >= 11 is 0. The van der Waals surface area contributed by atoms with Gasteiger partial charge in [0.25, 0.3) is 0 Å². The number of rotatable bonds is 3. The van der Waals surface area contributed by atoms with E-state index in [1.54, 1.807) is 0 Å². The smallest absolute Gasteiger partial charge is 0.246 e. The molecule has 1 N–H and O–H groups in total. The van der Waals surface area contributed by atoms with Crippen LogP contribution in [0.15, 0.2) is 35.0 Å². The summed E-state index contributed by atoms with van der Waals surface area (Å²) in [7, 11) is 0. The van der Waals surface area contributed by atoms with Gasteiger partial charge >= 0.3 is 0 Å². The Morgan fingerprint density at radius 1 is 1.36 bits per heavy atom. The number of aromatic amines is 1. The van der Waals surface area contributed by atoms with Crippen molar-refractivity contribution in [3.8, 4) is 0 Å². The van der Waals surface area contributed by atoms with E-state index < -0.39 is 0 Å². The topological polar surface area (TPSA) is 67.2 Å². The van der Waals surface area contributed by atoms with Gasteiger partial charge in [-0.2, -0.15) is 4.98 Å². The molecule has 3 heterocycles. The molecular weight excluding hydrogens is 280 g/mol. The predicted molar refractivity (Wildman–Crippen MR) is 81.3 cm³/mol. The van der Waals surface area contributed by atoms with Crippen molar-refractivity contribution in [2.24, 2.45) is 0 Å². The van der Waals surface area contributed by atoms with Crippen LogP contribution in [0.25, 0.3) is 10.9 Å². The van der Waals surface area contributed by atoms with Crippen LogP contribution in [-0.2, 0) is 11.3 Å². The minimum absolute atomic E-state index is 0.0140. The summed E-state index contributed by atoms with van der Waals surface area (Å²) in [4.78, 5) is 10.0. The van der Waals surface area contributed by atoms with Crippen molar-refractivity contribution in [3.63, 3.8) is 0 Å². The third-order valence-electron chi connectivity index (χ3n) is 4.11. The Morgan fingerprint density at radius 3 is 3.18 bits per heavy atom. The lowest BCUT2D eigenvalue weighted by molar-refractivity contribution is -0.0239. The van der Waals surface area contributed by atoms with Gasteiger partial charge in [-0.15, -0.1) is 0 Å². The molecule has 0 spiro atoms. The highest BCUT2D eigenvalue weighted by molar-refractivity contribution is 5.82. The first-order valence-corrected chi connectivity index (χ1v) is 7.48. The molecule has 1 aromatic carbocycles. The lowest BCUT2D eigenvalue weighted by Gasteiger charge is -2.33. The fourth-order valence-corrected chi connectivity index (χ4v) is 3.00. The molecule has 0 amide bonds. The first-order valence-electron chi connectivity index (χ1n) is 7.48. The molecule has 0 saturated carbocycles. The van der Waals surface area contributed by atoms with Gasteiger partial charge in [-0.05, 0) is 23.9 Å². The molecule has 4 rings (SSSR count). The van der Waals surface area contributed by atoms with Crippen molar-refractivity contribution in [2.75, 3.05) is 19.8 Å². The zero-order valence-corrected chi connectivity index (χ0v) is 12.5. The number of H-pyrrole nitrogens is 1. The summed E-state index contributed by atoms with van der Waals surface area (Å²) in [5.74, 6) is 1.29. The van der Waals surface area contributed by atoms with E-state index in [2.05, 4.69) is 44.3 Å². The highest BCUT2D eigenvalue weighted by atomic mass is 16.5. The summed E-state index contributed by atoms with van der Waals surface area (Å²) in [6, 6.07) is 8.48. The third kappa shape index (κ3) is 2.40.